The predicted octanol–water partition coefficient (Wildman–Crippen LogP) is 1.53. The van der Waals surface area contributed by atoms with Crippen molar-refractivity contribution in [2.45, 2.75) is 32.2 Å². The molecule has 2 heterocycles. The zero-order valence-electron chi connectivity index (χ0n) is 7.43. The fraction of sp³-hybridized carbons (Fsp3) is 0.667. The van der Waals surface area contributed by atoms with Crippen LogP contribution >= 0.6 is 0 Å². The van der Waals surface area contributed by atoms with Crippen LogP contribution < -0.4 is 5.32 Å². The molecule has 0 spiro atoms. The Bertz CT molecular complexity index is 248. The summed E-state index contributed by atoms with van der Waals surface area (Å²) in [5.41, 5.74) is 2.32. The largest absolute Gasteiger partial charge is 0.309 e. The number of rotatable bonds is 1. The summed E-state index contributed by atoms with van der Waals surface area (Å²) >= 11 is 0. The van der Waals surface area contributed by atoms with Gasteiger partial charge in [0.25, 0.3) is 0 Å². The van der Waals surface area contributed by atoms with Gasteiger partial charge in [-0.3, -0.25) is 5.10 Å². The van der Waals surface area contributed by atoms with Gasteiger partial charge in [0.15, 0.2) is 0 Å². The molecule has 1 aliphatic heterocycles. The normalized spacial score (nSPS) is 24.2. The average Bonchev–Trinajstić information content (AvgIpc) is 2.54. The third-order valence-corrected chi connectivity index (χ3v) is 2.39. The molecule has 0 saturated carbocycles. The van der Waals surface area contributed by atoms with Crippen LogP contribution in [0.25, 0.3) is 0 Å². The minimum Gasteiger partial charge on any atom is -0.309 e. The topological polar surface area (TPSA) is 40.7 Å². The quantitative estimate of drug-likeness (QED) is 0.662. The molecule has 0 bridgehead atoms. The fourth-order valence-electron chi connectivity index (χ4n) is 1.72. The standard InChI is InChI=1S/C9H15N3/c1-7-6-9(12-11-7)8-4-2-3-5-10-8/h6,8,10H,2-5H2,1H3,(H,11,12). The number of aromatic amines is 1. The second-order valence-electron chi connectivity index (χ2n) is 3.48. The minimum absolute atomic E-state index is 0.490. The fourth-order valence-corrected chi connectivity index (χ4v) is 1.72. The Balaban J connectivity index is 2.08. The molecule has 1 aromatic rings. The molecule has 3 heteroatoms. The molecule has 1 saturated heterocycles. The van der Waals surface area contributed by atoms with Crippen molar-refractivity contribution in [1.82, 2.24) is 15.5 Å². The first-order chi connectivity index (χ1) is 5.86. The van der Waals surface area contributed by atoms with E-state index in [2.05, 4.69) is 21.6 Å². The maximum absolute atomic E-state index is 4.25. The van der Waals surface area contributed by atoms with E-state index in [1.165, 1.54) is 25.0 Å². The van der Waals surface area contributed by atoms with Crippen molar-refractivity contribution < 1.29 is 0 Å². The van der Waals surface area contributed by atoms with Crippen molar-refractivity contribution in [3.8, 4) is 0 Å². The highest BCUT2D eigenvalue weighted by molar-refractivity contribution is 5.11. The van der Waals surface area contributed by atoms with Crippen molar-refractivity contribution in [1.29, 1.82) is 0 Å². The molecule has 2 rings (SSSR count). The van der Waals surface area contributed by atoms with Crippen LogP contribution in [0.4, 0.5) is 0 Å². The number of aryl methyl sites for hydroxylation is 1. The van der Waals surface area contributed by atoms with Gasteiger partial charge in [0.05, 0.1) is 11.7 Å². The summed E-state index contributed by atoms with van der Waals surface area (Å²) in [6, 6.07) is 2.62. The van der Waals surface area contributed by atoms with Gasteiger partial charge in [-0.2, -0.15) is 5.10 Å². The number of hydrogen-bond acceptors (Lipinski definition) is 2. The molecule has 1 aromatic heterocycles. The first-order valence-corrected chi connectivity index (χ1v) is 4.61. The number of piperidine rings is 1. The van der Waals surface area contributed by atoms with E-state index >= 15 is 0 Å². The molecular weight excluding hydrogens is 150 g/mol. The lowest BCUT2D eigenvalue weighted by atomic mass is 10.0. The van der Waals surface area contributed by atoms with Gasteiger partial charge in [0, 0.05) is 5.69 Å². The summed E-state index contributed by atoms with van der Waals surface area (Å²) in [7, 11) is 0. The Hall–Kier alpha value is -0.830. The summed E-state index contributed by atoms with van der Waals surface area (Å²) in [6.07, 6.45) is 3.85. The van der Waals surface area contributed by atoms with E-state index < -0.39 is 0 Å². The van der Waals surface area contributed by atoms with Crippen LogP contribution in [-0.2, 0) is 0 Å². The number of hydrogen-bond donors (Lipinski definition) is 2. The van der Waals surface area contributed by atoms with Gasteiger partial charge in [0.1, 0.15) is 0 Å². The van der Waals surface area contributed by atoms with E-state index in [0.29, 0.717) is 6.04 Å². The zero-order chi connectivity index (χ0) is 8.39. The smallest absolute Gasteiger partial charge is 0.0794 e. The highest BCUT2D eigenvalue weighted by Crippen LogP contribution is 2.21. The molecule has 1 aliphatic rings. The molecule has 1 fully saturated rings. The third kappa shape index (κ3) is 1.50. The van der Waals surface area contributed by atoms with Crippen LogP contribution in [-0.4, -0.2) is 16.7 Å². The molecule has 0 aromatic carbocycles. The monoisotopic (exact) mass is 165 g/mol. The van der Waals surface area contributed by atoms with E-state index in [-0.39, 0.29) is 0 Å². The molecule has 0 radical (unpaired) electrons. The Labute approximate surface area is 72.6 Å². The molecule has 1 atom stereocenters. The molecule has 66 valence electrons. The van der Waals surface area contributed by atoms with Crippen LogP contribution in [0.1, 0.15) is 36.7 Å². The van der Waals surface area contributed by atoms with E-state index in [1.807, 2.05) is 6.92 Å². The molecule has 1 unspecified atom stereocenters. The van der Waals surface area contributed by atoms with Crippen LogP contribution in [0.5, 0.6) is 0 Å². The van der Waals surface area contributed by atoms with E-state index in [9.17, 15) is 0 Å². The second-order valence-corrected chi connectivity index (χ2v) is 3.48. The van der Waals surface area contributed by atoms with Crippen molar-refractivity contribution in [2.24, 2.45) is 0 Å². The van der Waals surface area contributed by atoms with Crippen LogP contribution in [0.2, 0.25) is 0 Å². The summed E-state index contributed by atoms with van der Waals surface area (Å²) in [4.78, 5) is 0. The summed E-state index contributed by atoms with van der Waals surface area (Å²) in [6.45, 7) is 3.18. The van der Waals surface area contributed by atoms with E-state index in [1.54, 1.807) is 0 Å². The first kappa shape index (κ1) is 7.80. The Morgan fingerprint density at radius 2 is 2.42 bits per heavy atom. The number of aromatic nitrogens is 2. The van der Waals surface area contributed by atoms with Crippen molar-refractivity contribution >= 4 is 0 Å². The number of H-pyrrole nitrogens is 1. The highest BCUT2D eigenvalue weighted by Gasteiger charge is 2.16. The van der Waals surface area contributed by atoms with Crippen molar-refractivity contribution in [3.63, 3.8) is 0 Å². The number of nitrogens with one attached hydrogen (secondary N) is 2. The highest BCUT2D eigenvalue weighted by atomic mass is 15.1. The lowest BCUT2D eigenvalue weighted by molar-refractivity contribution is 0.405. The van der Waals surface area contributed by atoms with Gasteiger partial charge in [-0.05, 0) is 32.4 Å². The van der Waals surface area contributed by atoms with Gasteiger partial charge in [-0.15, -0.1) is 0 Å². The van der Waals surface area contributed by atoms with Gasteiger partial charge >= 0.3 is 0 Å². The summed E-state index contributed by atoms with van der Waals surface area (Å²) < 4.78 is 0. The van der Waals surface area contributed by atoms with Crippen LogP contribution in [0, 0.1) is 6.92 Å². The van der Waals surface area contributed by atoms with Gasteiger partial charge < -0.3 is 5.32 Å². The molecule has 2 N–H and O–H groups in total. The Morgan fingerprint density at radius 3 is 3.00 bits per heavy atom. The minimum atomic E-state index is 0.490. The molecule has 12 heavy (non-hydrogen) atoms. The van der Waals surface area contributed by atoms with Gasteiger partial charge in [-0.25, -0.2) is 0 Å². The number of nitrogens with zero attached hydrogens (tertiary/aromatic N) is 1. The molecule has 0 amide bonds. The van der Waals surface area contributed by atoms with Gasteiger partial charge in [0.2, 0.25) is 0 Å². The lowest BCUT2D eigenvalue weighted by Gasteiger charge is -2.21. The zero-order valence-corrected chi connectivity index (χ0v) is 7.43. The molecule has 0 aliphatic carbocycles. The molecular formula is C9H15N3. The third-order valence-electron chi connectivity index (χ3n) is 2.39. The van der Waals surface area contributed by atoms with E-state index in [0.717, 1.165) is 12.2 Å². The van der Waals surface area contributed by atoms with Crippen LogP contribution in [0.3, 0.4) is 0 Å². The summed E-state index contributed by atoms with van der Waals surface area (Å²) in [5.74, 6) is 0. The lowest BCUT2D eigenvalue weighted by Crippen LogP contribution is -2.26. The van der Waals surface area contributed by atoms with Crippen molar-refractivity contribution in [2.75, 3.05) is 6.54 Å². The summed E-state index contributed by atoms with van der Waals surface area (Å²) in [5, 5.41) is 10.7. The van der Waals surface area contributed by atoms with E-state index in [4.69, 9.17) is 0 Å². The average molecular weight is 165 g/mol. The molecule has 3 nitrogen and oxygen atoms in total. The maximum Gasteiger partial charge on any atom is 0.0794 e. The predicted molar refractivity (Wildman–Crippen MR) is 47.9 cm³/mol. The SMILES string of the molecule is Cc1cc(C2CCCCN2)n[nH]1. The maximum atomic E-state index is 4.25. The first-order valence-electron chi connectivity index (χ1n) is 4.61. The second kappa shape index (κ2) is 3.27. The van der Waals surface area contributed by atoms with Gasteiger partial charge in [-0.1, -0.05) is 6.42 Å². The van der Waals surface area contributed by atoms with Crippen molar-refractivity contribution in [3.05, 3.63) is 17.5 Å². The van der Waals surface area contributed by atoms with Crippen LogP contribution in [0.15, 0.2) is 6.07 Å². The Kier molecular flexibility index (Phi) is 2.13. The Morgan fingerprint density at radius 1 is 1.50 bits per heavy atom.